The third-order valence-electron chi connectivity index (χ3n) is 3.94. The lowest BCUT2D eigenvalue weighted by Crippen LogP contribution is -2.44. The van der Waals surface area contributed by atoms with Gasteiger partial charge in [-0.05, 0) is 57.5 Å². The van der Waals surface area contributed by atoms with Crippen molar-refractivity contribution in [3.63, 3.8) is 0 Å². The lowest BCUT2D eigenvalue weighted by Gasteiger charge is -2.34. The van der Waals surface area contributed by atoms with Gasteiger partial charge in [0.1, 0.15) is 5.75 Å². The molecule has 0 amide bonds. The largest absolute Gasteiger partial charge is 0.494 e. The molecule has 0 unspecified atom stereocenters. The van der Waals surface area contributed by atoms with Gasteiger partial charge in [0, 0.05) is 12.6 Å². The second-order valence-electron chi connectivity index (χ2n) is 5.53. The summed E-state index contributed by atoms with van der Waals surface area (Å²) in [5, 5.41) is 3.45. The van der Waals surface area contributed by atoms with E-state index in [9.17, 15) is 0 Å². The van der Waals surface area contributed by atoms with E-state index in [1.807, 2.05) is 30.3 Å². The fourth-order valence-corrected chi connectivity index (χ4v) is 2.91. The number of rotatable bonds is 8. The van der Waals surface area contributed by atoms with Gasteiger partial charge in [0.2, 0.25) is 0 Å². The summed E-state index contributed by atoms with van der Waals surface area (Å²) in [6.45, 7) is 7.81. The summed E-state index contributed by atoms with van der Waals surface area (Å²) in [7, 11) is 0. The molecule has 0 aromatic heterocycles. The minimum atomic E-state index is 0.771. The summed E-state index contributed by atoms with van der Waals surface area (Å²) in [6.07, 6.45) is 4.93. The van der Waals surface area contributed by atoms with Crippen LogP contribution in [0.4, 0.5) is 0 Å². The van der Waals surface area contributed by atoms with Crippen LogP contribution in [-0.2, 0) is 0 Å². The Hall–Kier alpha value is -1.06. The van der Waals surface area contributed by atoms with Crippen molar-refractivity contribution in [2.24, 2.45) is 0 Å². The highest BCUT2D eigenvalue weighted by atomic mass is 16.5. The van der Waals surface area contributed by atoms with Crippen molar-refractivity contribution >= 4 is 0 Å². The third-order valence-corrected chi connectivity index (χ3v) is 3.94. The van der Waals surface area contributed by atoms with Gasteiger partial charge in [-0.2, -0.15) is 0 Å². The summed E-state index contributed by atoms with van der Waals surface area (Å²) in [4.78, 5) is 2.66. The molecular formula is C17H28N2O. The molecule has 1 aliphatic rings. The maximum Gasteiger partial charge on any atom is 0.119 e. The molecule has 1 fully saturated rings. The molecule has 3 nitrogen and oxygen atoms in total. The number of ether oxygens (including phenoxy) is 1. The smallest absolute Gasteiger partial charge is 0.119 e. The molecule has 1 saturated heterocycles. The summed E-state index contributed by atoms with van der Waals surface area (Å²) >= 11 is 0. The topological polar surface area (TPSA) is 24.5 Å². The van der Waals surface area contributed by atoms with Gasteiger partial charge in [-0.1, -0.05) is 25.1 Å². The second-order valence-corrected chi connectivity index (χ2v) is 5.53. The maximum atomic E-state index is 5.78. The monoisotopic (exact) mass is 276 g/mol. The first-order valence-electron chi connectivity index (χ1n) is 8.02. The lowest BCUT2D eigenvalue weighted by atomic mass is 10.0. The number of hydrogen-bond acceptors (Lipinski definition) is 3. The molecule has 0 atom stereocenters. The highest BCUT2D eigenvalue weighted by molar-refractivity contribution is 5.20. The average molecular weight is 276 g/mol. The number of benzene rings is 1. The zero-order valence-electron chi connectivity index (χ0n) is 12.7. The molecule has 0 bridgehead atoms. The predicted molar refractivity (Wildman–Crippen MR) is 84.3 cm³/mol. The molecule has 1 heterocycles. The fraction of sp³-hybridized carbons (Fsp3) is 0.647. The van der Waals surface area contributed by atoms with Crippen molar-refractivity contribution in [3.8, 4) is 5.75 Å². The Labute approximate surface area is 123 Å². The molecule has 2 rings (SSSR count). The molecular weight excluding hydrogens is 248 g/mol. The van der Waals surface area contributed by atoms with E-state index >= 15 is 0 Å². The molecule has 0 spiro atoms. The van der Waals surface area contributed by atoms with Gasteiger partial charge in [0.15, 0.2) is 0 Å². The van der Waals surface area contributed by atoms with Gasteiger partial charge in [0.25, 0.3) is 0 Å². The van der Waals surface area contributed by atoms with E-state index in [1.165, 1.54) is 38.9 Å². The van der Waals surface area contributed by atoms with Crippen LogP contribution in [0.15, 0.2) is 30.3 Å². The van der Waals surface area contributed by atoms with Crippen molar-refractivity contribution in [1.82, 2.24) is 10.2 Å². The van der Waals surface area contributed by atoms with Gasteiger partial charge in [-0.25, -0.2) is 0 Å². The van der Waals surface area contributed by atoms with Gasteiger partial charge >= 0.3 is 0 Å². The number of nitrogens with zero attached hydrogens (tertiary/aromatic N) is 1. The zero-order valence-corrected chi connectivity index (χ0v) is 12.7. The molecule has 1 aromatic rings. The van der Waals surface area contributed by atoms with Crippen LogP contribution in [0.5, 0.6) is 5.75 Å². The molecule has 0 aliphatic carbocycles. The summed E-state index contributed by atoms with van der Waals surface area (Å²) in [5.74, 6) is 0.983. The minimum Gasteiger partial charge on any atom is -0.494 e. The minimum absolute atomic E-state index is 0.771. The molecule has 1 N–H and O–H groups in total. The summed E-state index contributed by atoms with van der Waals surface area (Å²) in [6, 6.07) is 10.9. The first-order chi connectivity index (χ1) is 9.90. The second kappa shape index (κ2) is 8.98. The SMILES string of the molecule is CCCN(CCCOc1ccccc1)C1CCNCC1. The van der Waals surface area contributed by atoms with Crippen molar-refractivity contribution in [3.05, 3.63) is 30.3 Å². The highest BCUT2D eigenvalue weighted by Gasteiger charge is 2.19. The van der Waals surface area contributed by atoms with E-state index in [0.717, 1.165) is 31.4 Å². The molecule has 20 heavy (non-hydrogen) atoms. The van der Waals surface area contributed by atoms with Crippen LogP contribution in [0.2, 0.25) is 0 Å². The number of para-hydroxylation sites is 1. The Morgan fingerprint density at radius 2 is 1.90 bits per heavy atom. The fourth-order valence-electron chi connectivity index (χ4n) is 2.91. The first-order valence-corrected chi connectivity index (χ1v) is 8.02. The maximum absolute atomic E-state index is 5.78. The molecule has 1 aromatic carbocycles. The lowest BCUT2D eigenvalue weighted by molar-refractivity contribution is 0.150. The quantitative estimate of drug-likeness (QED) is 0.739. The van der Waals surface area contributed by atoms with Gasteiger partial charge in [-0.3, -0.25) is 0 Å². The Kier molecular flexibility index (Phi) is 6.89. The molecule has 3 heteroatoms. The van der Waals surface area contributed by atoms with E-state index in [-0.39, 0.29) is 0 Å². The summed E-state index contributed by atoms with van der Waals surface area (Å²) < 4.78 is 5.78. The number of piperidine rings is 1. The van der Waals surface area contributed by atoms with Crippen LogP contribution < -0.4 is 10.1 Å². The molecule has 0 saturated carbocycles. The average Bonchev–Trinajstić information content (AvgIpc) is 2.52. The number of nitrogens with one attached hydrogen (secondary N) is 1. The van der Waals surface area contributed by atoms with Crippen LogP contribution in [0, 0.1) is 0 Å². The molecule has 0 radical (unpaired) electrons. The van der Waals surface area contributed by atoms with E-state index < -0.39 is 0 Å². The van der Waals surface area contributed by atoms with E-state index in [1.54, 1.807) is 0 Å². The van der Waals surface area contributed by atoms with E-state index in [2.05, 4.69) is 17.1 Å². The van der Waals surface area contributed by atoms with Crippen LogP contribution >= 0.6 is 0 Å². The van der Waals surface area contributed by atoms with Crippen LogP contribution in [0.25, 0.3) is 0 Å². The number of hydrogen-bond donors (Lipinski definition) is 1. The third kappa shape index (κ3) is 5.14. The first kappa shape index (κ1) is 15.3. The Balaban J connectivity index is 1.69. The normalized spacial score (nSPS) is 16.5. The Morgan fingerprint density at radius 1 is 1.15 bits per heavy atom. The van der Waals surface area contributed by atoms with Crippen LogP contribution in [0.1, 0.15) is 32.6 Å². The van der Waals surface area contributed by atoms with Gasteiger partial charge in [0.05, 0.1) is 6.61 Å². The Bertz CT molecular complexity index is 349. The Morgan fingerprint density at radius 3 is 2.60 bits per heavy atom. The van der Waals surface area contributed by atoms with Crippen molar-refractivity contribution in [2.45, 2.75) is 38.6 Å². The van der Waals surface area contributed by atoms with E-state index in [4.69, 9.17) is 4.74 Å². The molecule has 1 aliphatic heterocycles. The standard InChI is InChI=1S/C17H28N2O/c1-2-13-19(16-9-11-18-12-10-16)14-6-15-20-17-7-4-3-5-8-17/h3-5,7-8,16,18H,2,6,9-15H2,1H3. The van der Waals surface area contributed by atoms with Gasteiger partial charge in [-0.15, -0.1) is 0 Å². The van der Waals surface area contributed by atoms with Crippen molar-refractivity contribution in [2.75, 3.05) is 32.8 Å². The van der Waals surface area contributed by atoms with E-state index in [0.29, 0.717) is 0 Å². The highest BCUT2D eigenvalue weighted by Crippen LogP contribution is 2.13. The van der Waals surface area contributed by atoms with Crippen LogP contribution in [0.3, 0.4) is 0 Å². The van der Waals surface area contributed by atoms with Crippen LogP contribution in [-0.4, -0.2) is 43.7 Å². The zero-order chi connectivity index (χ0) is 14.0. The van der Waals surface area contributed by atoms with Crippen molar-refractivity contribution < 1.29 is 4.74 Å². The molecule has 112 valence electrons. The van der Waals surface area contributed by atoms with Gasteiger partial charge < -0.3 is 15.0 Å². The van der Waals surface area contributed by atoms with Crippen molar-refractivity contribution in [1.29, 1.82) is 0 Å². The predicted octanol–water partition coefficient (Wildman–Crippen LogP) is 2.92. The summed E-state index contributed by atoms with van der Waals surface area (Å²) in [5.41, 5.74) is 0.